The molecule has 2 aromatic rings. The second kappa shape index (κ2) is 6.01. The van der Waals surface area contributed by atoms with Crippen LogP contribution in [0.15, 0.2) is 30.3 Å². The molecule has 0 fully saturated rings. The summed E-state index contributed by atoms with van der Waals surface area (Å²) in [7, 11) is 0. The van der Waals surface area contributed by atoms with Crippen molar-refractivity contribution in [2.75, 3.05) is 5.32 Å². The minimum absolute atomic E-state index is 0.283. The van der Waals surface area contributed by atoms with Crippen LogP contribution in [-0.2, 0) is 0 Å². The van der Waals surface area contributed by atoms with Crippen LogP contribution in [0.25, 0.3) is 0 Å². The van der Waals surface area contributed by atoms with E-state index in [4.69, 9.17) is 11.6 Å². The Bertz CT molecular complexity index is 624. The molecule has 0 bridgehead atoms. The Hall–Kier alpha value is -1.94. The van der Waals surface area contributed by atoms with Crippen molar-refractivity contribution < 1.29 is 4.79 Å². The number of nitrogens with zero attached hydrogens (tertiary/aromatic N) is 2. The summed E-state index contributed by atoms with van der Waals surface area (Å²) in [6, 6.07) is 8.85. The molecule has 0 unspecified atom stereocenters. The smallest absolute Gasteiger partial charge is 0.276 e. The number of halogens is 1. The lowest BCUT2D eigenvalue weighted by atomic mass is 10.1. The van der Waals surface area contributed by atoms with E-state index < -0.39 is 0 Å². The molecule has 5 heteroatoms. The van der Waals surface area contributed by atoms with Gasteiger partial charge in [0.15, 0.2) is 5.69 Å². The van der Waals surface area contributed by atoms with Gasteiger partial charge < -0.3 is 5.32 Å². The normalized spacial score (nSPS) is 10.7. The second-order valence-corrected chi connectivity index (χ2v) is 5.32. The number of anilines is 1. The Labute approximate surface area is 123 Å². The number of carbonyl (C=O) groups is 1. The van der Waals surface area contributed by atoms with E-state index in [9.17, 15) is 4.79 Å². The third-order valence-electron chi connectivity index (χ3n) is 2.94. The molecule has 4 nitrogen and oxygen atoms in total. The van der Waals surface area contributed by atoms with Crippen molar-refractivity contribution in [3.63, 3.8) is 0 Å². The molecule has 0 radical (unpaired) electrons. The lowest BCUT2D eigenvalue weighted by Crippen LogP contribution is -2.15. The number of rotatable bonds is 3. The lowest BCUT2D eigenvalue weighted by molar-refractivity contribution is 0.102. The van der Waals surface area contributed by atoms with E-state index in [1.165, 1.54) is 0 Å². The highest BCUT2D eigenvalue weighted by molar-refractivity contribution is 6.31. The molecular weight excluding hydrogens is 274 g/mol. The summed E-state index contributed by atoms with van der Waals surface area (Å²) >= 11 is 6.02. The lowest BCUT2D eigenvalue weighted by Gasteiger charge is -2.07. The van der Waals surface area contributed by atoms with Crippen LogP contribution in [0, 0.1) is 6.92 Å². The molecule has 0 aliphatic heterocycles. The summed E-state index contributed by atoms with van der Waals surface area (Å²) in [5.41, 5.74) is 2.75. The van der Waals surface area contributed by atoms with Crippen LogP contribution in [0.1, 0.15) is 41.5 Å². The molecule has 1 heterocycles. The molecule has 2 rings (SSSR count). The van der Waals surface area contributed by atoms with Gasteiger partial charge in [0.05, 0.1) is 5.69 Å². The highest BCUT2D eigenvalue weighted by Crippen LogP contribution is 2.20. The average Bonchev–Trinajstić information content (AvgIpc) is 2.43. The Morgan fingerprint density at radius 2 is 1.95 bits per heavy atom. The first-order valence-electron chi connectivity index (χ1n) is 6.38. The van der Waals surface area contributed by atoms with Crippen molar-refractivity contribution in [2.24, 2.45) is 0 Å². The van der Waals surface area contributed by atoms with Gasteiger partial charge in [0, 0.05) is 10.7 Å². The molecular formula is C15H16ClN3O. The maximum Gasteiger partial charge on any atom is 0.276 e. The molecule has 20 heavy (non-hydrogen) atoms. The molecule has 0 saturated carbocycles. The first kappa shape index (κ1) is 14.5. The molecule has 1 N–H and O–H groups in total. The van der Waals surface area contributed by atoms with E-state index in [1.54, 1.807) is 18.2 Å². The second-order valence-electron chi connectivity index (χ2n) is 4.92. The van der Waals surface area contributed by atoms with Crippen molar-refractivity contribution in [1.82, 2.24) is 10.2 Å². The van der Waals surface area contributed by atoms with Crippen molar-refractivity contribution in [3.05, 3.63) is 52.3 Å². The summed E-state index contributed by atoms with van der Waals surface area (Å²) in [6.45, 7) is 5.96. The maximum absolute atomic E-state index is 12.0. The fourth-order valence-corrected chi connectivity index (χ4v) is 1.82. The van der Waals surface area contributed by atoms with Crippen LogP contribution in [-0.4, -0.2) is 16.1 Å². The molecule has 1 amide bonds. The highest BCUT2D eigenvalue weighted by atomic mass is 35.5. The molecule has 0 atom stereocenters. The van der Waals surface area contributed by atoms with Gasteiger partial charge in [-0.3, -0.25) is 4.79 Å². The number of amides is 1. The largest absolute Gasteiger partial charge is 0.321 e. The van der Waals surface area contributed by atoms with Gasteiger partial charge in [0.2, 0.25) is 0 Å². The fraction of sp³-hybridized carbons (Fsp3) is 0.267. The van der Waals surface area contributed by atoms with Crippen LogP contribution in [0.2, 0.25) is 5.02 Å². The van der Waals surface area contributed by atoms with Crippen LogP contribution in [0.3, 0.4) is 0 Å². The van der Waals surface area contributed by atoms with Crippen molar-refractivity contribution >= 4 is 23.2 Å². The van der Waals surface area contributed by atoms with E-state index in [0.29, 0.717) is 10.7 Å². The monoisotopic (exact) mass is 289 g/mol. The summed E-state index contributed by atoms with van der Waals surface area (Å²) in [6.07, 6.45) is 0. The zero-order valence-corrected chi connectivity index (χ0v) is 12.4. The van der Waals surface area contributed by atoms with Crippen molar-refractivity contribution in [3.8, 4) is 0 Å². The number of hydrogen-bond acceptors (Lipinski definition) is 3. The van der Waals surface area contributed by atoms with Crippen LogP contribution < -0.4 is 5.32 Å². The molecule has 104 valence electrons. The van der Waals surface area contributed by atoms with Gasteiger partial charge in [0.1, 0.15) is 0 Å². The van der Waals surface area contributed by atoms with E-state index in [-0.39, 0.29) is 17.5 Å². The summed E-state index contributed by atoms with van der Waals surface area (Å²) < 4.78 is 0. The minimum atomic E-state index is -0.298. The zero-order chi connectivity index (χ0) is 14.7. The van der Waals surface area contributed by atoms with Gasteiger partial charge in [-0.2, -0.15) is 5.10 Å². The third-order valence-corrected chi connectivity index (χ3v) is 3.35. The van der Waals surface area contributed by atoms with Crippen LogP contribution >= 0.6 is 11.6 Å². The SMILES string of the molecule is Cc1ccc(NC(=O)c2ccc(C(C)C)nn2)cc1Cl. The van der Waals surface area contributed by atoms with Crippen LogP contribution in [0.5, 0.6) is 0 Å². The number of benzene rings is 1. The molecule has 0 spiro atoms. The summed E-state index contributed by atoms with van der Waals surface area (Å²) in [4.78, 5) is 12.0. The zero-order valence-electron chi connectivity index (χ0n) is 11.6. The quantitative estimate of drug-likeness (QED) is 0.934. The van der Waals surface area contributed by atoms with E-state index >= 15 is 0 Å². The topological polar surface area (TPSA) is 54.9 Å². The maximum atomic E-state index is 12.0. The molecule has 0 saturated heterocycles. The van der Waals surface area contributed by atoms with Crippen LogP contribution in [0.4, 0.5) is 5.69 Å². The number of aromatic nitrogens is 2. The van der Waals surface area contributed by atoms with Crippen molar-refractivity contribution in [2.45, 2.75) is 26.7 Å². The average molecular weight is 290 g/mol. The number of hydrogen-bond donors (Lipinski definition) is 1. The molecule has 0 aliphatic rings. The predicted molar refractivity (Wildman–Crippen MR) is 80.3 cm³/mol. The highest BCUT2D eigenvalue weighted by Gasteiger charge is 2.10. The number of carbonyl (C=O) groups excluding carboxylic acids is 1. The Balaban J connectivity index is 2.13. The Morgan fingerprint density at radius 1 is 1.20 bits per heavy atom. The van der Waals surface area contributed by atoms with Gasteiger partial charge in [-0.15, -0.1) is 5.10 Å². The van der Waals surface area contributed by atoms with Gasteiger partial charge in [0.25, 0.3) is 5.91 Å². The Kier molecular flexibility index (Phi) is 4.35. The Morgan fingerprint density at radius 3 is 2.50 bits per heavy atom. The van der Waals surface area contributed by atoms with Gasteiger partial charge in [-0.1, -0.05) is 31.5 Å². The number of nitrogens with one attached hydrogen (secondary N) is 1. The first-order chi connectivity index (χ1) is 9.47. The minimum Gasteiger partial charge on any atom is -0.321 e. The van der Waals surface area contributed by atoms with Gasteiger partial charge >= 0.3 is 0 Å². The fourth-order valence-electron chi connectivity index (χ4n) is 1.64. The molecule has 1 aromatic heterocycles. The number of aryl methyl sites for hydroxylation is 1. The van der Waals surface area contributed by atoms with E-state index in [1.807, 2.05) is 32.9 Å². The van der Waals surface area contributed by atoms with Gasteiger partial charge in [-0.25, -0.2) is 0 Å². The molecule has 1 aromatic carbocycles. The van der Waals surface area contributed by atoms with E-state index in [2.05, 4.69) is 15.5 Å². The third kappa shape index (κ3) is 3.33. The summed E-state index contributed by atoms with van der Waals surface area (Å²) in [5, 5.41) is 11.3. The molecule has 0 aliphatic carbocycles. The standard InChI is InChI=1S/C15H16ClN3O/c1-9(2)13-6-7-14(19-18-13)15(20)17-11-5-4-10(3)12(16)8-11/h4-9H,1-3H3,(H,17,20). The van der Waals surface area contributed by atoms with Gasteiger partial charge in [-0.05, 0) is 42.7 Å². The summed E-state index contributed by atoms with van der Waals surface area (Å²) in [5.74, 6) is -0.0109. The van der Waals surface area contributed by atoms with Crippen molar-refractivity contribution in [1.29, 1.82) is 0 Å². The first-order valence-corrected chi connectivity index (χ1v) is 6.76. The van der Waals surface area contributed by atoms with E-state index in [0.717, 1.165) is 11.3 Å². The predicted octanol–water partition coefficient (Wildman–Crippen LogP) is 3.81.